The van der Waals surface area contributed by atoms with Crippen LogP contribution in [0.1, 0.15) is 62.2 Å². The van der Waals surface area contributed by atoms with Crippen molar-refractivity contribution in [1.29, 1.82) is 0 Å². The van der Waals surface area contributed by atoms with Crippen molar-refractivity contribution in [2.75, 3.05) is 37.7 Å². The maximum absolute atomic E-state index is 11.7. The molecule has 2 aliphatic heterocycles. The molecule has 0 unspecified atom stereocenters. The normalized spacial score (nSPS) is 22.8. The van der Waals surface area contributed by atoms with Crippen LogP contribution in [-0.2, 0) is 9.47 Å². The zero-order valence-corrected chi connectivity index (χ0v) is 17.0. The van der Waals surface area contributed by atoms with Gasteiger partial charge in [-0.15, -0.1) is 0 Å². The Kier molecular flexibility index (Phi) is 6.47. The lowest BCUT2D eigenvalue weighted by molar-refractivity contribution is -0.0598. The number of ether oxygens (including phenoxy) is 2. The van der Waals surface area contributed by atoms with Gasteiger partial charge in [-0.2, -0.15) is 0 Å². The molecule has 1 saturated carbocycles. The fraction of sp³-hybridized carbons (Fsp3) is 0.727. The highest BCUT2D eigenvalue weighted by atomic mass is 16.5. The quantitative estimate of drug-likeness (QED) is 0.699. The van der Waals surface area contributed by atoms with Gasteiger partial charge < -0.3 is 19.3 Å². The topological polar surface area (TPSA) is 54.9 Å². The first-order chi connectivity index (χ1) is 13.7. The van der Waals surface area contributed by atoms with E-state index in [2.05, 4.69) is 14.8 Å². The molecule has 4 rings (SSSR count). The van der Waals surface area contributed by atoms with Crippen molar-refractivity contribution in [3.63, 3.8) is 0 Å². The summed E-state index contributed by atoms with van der Waals surface area (Å²) in [6.45, 7) is 6.53. The lowest BCUT2D eigenvalue weighted by atomic mass is 9.89. The van der Waals surface area contributed by atoms with Crippen molar-refractivity contribution in [2.24, 2.45) is 0 Å². The fourth-order valence-corrected chi connectivity index (χ4v) is 4.53. The Morgan fingerprint density at radius 2 is 1.71 bits per heavy atom. The molecule has 0 bridgehead atoms. The summed E-state index contributed by atoms with van der Waals surface area (Å²) in [6.07, 6.45) is 11.1. The molecule has 6 heteroatoms. The number of hydrogen-bond donors (Lipinski definition) is 0. The first kappa shape index (κ1) is 19.6. The van der Waals surface area contributed by atoms with Gasteiger partial charge in [0.1, 0.15) is 5.82 Å². The predicted molar refractivity (Wildman–Crippen MR) is 109 cm³/mol. The second-order valence-electron chi connectivity index (χ2n) is 8.27. The highest BCUT2D eigenvalue weighted by Gasteiger charge is 2.30. The zero-order valence-electron chi connectivity index (χ0n) is 17.0. The molecule has 3 aliphatic rings. The molecule has 0 amide bonds. The Balaban J connectivity index is 1.20. The van der Waals surface area contributed by atoms with E-state index in [1.807, 2.05) is 13.0 Å². The van der Waals surface area contributed by atoms with E-state index >= 15 is 0 Å². The van der Waals surface area contributed by atoms with Gasteiger partial charge >= 0.3 is 5.97 Å². The number of nitrogens with zero attached hydrogens (tertiary/aromatic N) is 3. The molecule has 28 heavy (non-hydrogen) atoms. The number of aromatic nitrogens is 1. The Hall–Kier alpha value is -1.66. The summed E-state index contributed by atoms with van der Waals surface area (Å²) in [7, 11) is 0. The highest BCUT2D eigenvalue weighted by molar-refractivity contribution is 5.89. The number of esters is 1. The highest BCUT2D eigenvalue weighted by Crippen LogP contribution is 2.29. The van der Waals surface area contributed by atoms with E-state index in [-0.39, 0.29) is 5.97 Å². The van der Waals surface area contributed by atoms with Crippen molar-refractivity contribution < 1.29 is 14.3 Å². The van der Waals surface area contributed by atoms with Crippen LogP contribution >= 0.6 is 0 Å². The summed E-state index contributed by atoms with van der Waals surface area (Å²) in [5.41, 5.74) is 0.511. The van der Waals surface area contributed by atoms with Gasteiger partial charge in [0, 0.05) is 38.4 Å². The van der Waals surface area contributed by atoms with Gasteiger partial charge in [-0.3, -0.25) is 0 Å². The van der Waals surface area contributed by atoms with Crippen LogP contribution in [0.25, 0.3) is 0 Å². The average molecular weight is 388 g/mol. The van der Waals surface area contributed by atoms with Crippen molar-refractivity contribution >= 4 is 11.8 Å². The first-order valence-corrected chi connectivity index (χ1v) is 11.0. The largest absolute Gasteiger partial charge is 0.462 e. The Morgan fingerprint density at radius 3 is 2.25 bits per heavy atom. The van der Waals surface area contributed by atoms with Gasteiger partial charge in [0.15, 0.2) is 0 Å². The average Bonchev–Trinajstić information content (AvgIpc) is 2.69. The van der Waals surface area contributed by atoms with Crippen LogP contribution in [0.15, 0.2) is 18.3 Å². The van der Waals surface area contributed by atoms with Crippen LogP contribution in [0.4, 0.5) is 5.82 Å². The van der Waals surface area contributed by atoms with E-state index in [4.69, 9.17) is 9.47 Å². The molecule has 0 spiro atoms. The van der Waals surface area contributed by atoms with Gasteiger partial charge in [0.25, 0.3) is 0 Å². The van der Waals surface area contributed by atoms with Crippen molar-refractivity contribution in [1.82, 2.24) is 9.88 Å². The Labute approximate surface area is 168 Å². The molecular formula is C22H33N3O3. The number of carbonyl (C=O) groups excluding carboxylic acids is 1. The van der Waals surface area contributed by atoms with Crippen molar-refractivity contribution in [3.8, 4) is 0 Å². The van der Waals surface area contributed by atoms with Crippen LogP contribution in [0, 0.1) is 0 Å². The van der Waals surface area contributed by atoms with E-state index in [9.17, 15) is 4.79 Å². The van der Waals surface area contributed by atoms with Gasteiger partial charge in [-0.25, -0.2) is 9.78 Å². The molecule has 1 aromatic rings. The summed E-state index contributed by atoms with van der Waals surface area (Å²) in [5, 5.41) is 0. The maximum Gasteiger partial charge on any atom is 0.339 e. The lowest BCUT2D eigenvalue weighted by Crippen LogP contribution is -2.47. The Morgan fingerprint density at radius 1 is 1.04 bits per heavy atom. The third-order valence-electron chi connectivity index (χ3n) is 6.48. The van der Waals surface area contributed by atoms with Crippen LogP contribution in [0.2, 0.25) is 0 Å². The van der Waals surface area contributed by atoms with E-state index in [0.29, 0.717) is 24.4 Å². The Bertz CT molecular complexity index is 631. The number of carbonyl (C=O) groups is 1. The molecular weight excluding hydrogens is 354 g/mol. The minimum atomic E-state index is -0.308. The summed E-state index contributed by atoms with van der Waals surface area (Å²) in [5.74, 6) is 0.623. The maximum atomic E-state index is 11.7. The summed E-state index contributed by atoms with van der Waals surface area (Å²) in [6, 6.07) is 4.59. The van der Waals surface area contributed by atoms with E-state index in [1.165, 1.54) is 45.2 Å². The molecule has 6 nitrogen and oxygen atoms in total. The molecule has 0 aromatic carbocycles. The molecule has 0 N–H and O–H groups in total. The van der Waals surface area contributed by atoms with Gasteiger partial charge in [0.05, 0.1) is 24.4 Å². The zero-order chi connectivity index (χ0) is 19.3. The minimum Gasteiger partial charge on any atom is -0.462 e. The van der Waals surface area contributed by atoms with Gasteiger partial charge in [-0.1, -0.05) is 6.42 Å². The van der Waals surface area contributed by atoms with Crippen LogP contribution < -0.4 is 4.90 Å². The molecule has 154 valence electrons. The van der Waals surface area contributed by atoms with Crippen LogP contribution in [0.5, 0.6) is 0 Å². The molecule has 1 aliphatic carbocycles. The van der Waals surface area contributed by atoms with E-state index in [1.54, 1.807) is 12.3 Å². The number of hydrogen-bond acceptors (Lipinski definition) is 6. The molecule has 3 heterocycles. The SMILES string of the molecule is CCOC(=O)c1ccc(N2CCC(OC3CCN(C4CCC4)CC3)CC2)nc1. The molecule has 0 radical (unpaired) electrons. The first-order valence-electron chi connectivity index (χ1n) is 11.0. The molecule has 1 aromatic heterocycles. The minimum absolute atomic E-state index is 0.308. The molecule has 3 fully saturated rings. The fourth-order valence-electron chi connectivity index (χ4n) is 4.53. The smallest absolute Gasteiger partial charge is 0.339 e. The molecule has 0 atom stereocenters. The summed E-state index contributed by atoms with van der Waals surface area (Å²) < 4.78 is 11.5. The van der Waals surface area contributed by atoms with Gasteiger partial charge in [0.2, 0.25) is 0 Å². The van der Waals surface area contributed by atoms with Gasteiger partial charge in [-0.05, 0) is 57.6 Å². The second kappa shape index (κ2) is 9.23. The number of pyridine rings is 1. The standard InChI is InChI=1S/C22H33N3O3/c1-2-27-22(26)17-6-7-21(23-16-17)25-14-10-20(11-15-25)28-19-8-12-24(13-9-19)18-4-3-5-18/h6-7,16,18-20H,2-5,8-15H2,1H3. The number of likely N-dealkylation sites (tertiary alicyclic amines) is 1. The number of anilines is 1. The number of piperidine rings is 2. The predicted octanol–water partition coefficient (Wildman–Crippen LogP) is 3.26. The third kappa shape index (κ3) is 4.66. The van der Waals surface area contributed by atoms with E-state index in [0.717, 1.165) is 37.8 Å². The summed E-state index contributed by atoms with van der Waals surface area (Å²) in [4.78, 5) is 21.2. The summed E-state index contributed by atoms with van der Waals surface area (Å²) >= 11 is 0. The van der Waals surface area contributed by atoms with Crippen molar-refractivity contribution in [3.05, 3.63) is 23.9 Å². The van der Waals surface area contributed by atoms with Crippen molar-refractivity contribution in [2.45, 2.75) is 70.1 Å². The lowest BCUT2D eigenvalue weighted by Gasteiger charge is -2.42. The van der Waals surface area contributed by atoms with Crippen LogP contribution in [-0.4, -0.2) is 66.9 Å². The monoisotopic (exact) mass is 387 g/mol. The van der Waals surface area contributed by atoms with Crippen LogP contribution in [0.3, 0.4) is 0 Å². The third-order valence-corrected chi connectivity index (χ3v) is 6.48. The second-order valence-corrected chi connectivity index (χ2v) is 8.27. The number of rotatable bonds is 6. The van der Waals surface area contributed by atoms with E-state index < -0.39 is 0 Å². The molecule has 2 saturated heterocycles.